The van der Waals surface area contributed by atoms with E-state index in [4.69, 9.17) is 9.57 Å². The highest BCUT2D eigenvalue weighted by atomic mass is 19.1. The minimum atomic E-state index is -0.576. The molecule has 2 atom stereocenters. The molecule has 2 unspecified atom stereocenters. The molecule has 8 nitrogen and oxygen atoms in total. The number of fused-ring (bicyclic) bond motifs is 1. The van der Waals surface area contributed by atoms with Gasteiger partial charge in [0.1, 0.15) is 17.6 Å². The van der Waals surface area contributed by atoms with Crippen LogP contribution in [0.25, 0.3) is 0 Å². The molecule has 0 bridgehead atoms. The van der Waals surface area contributed by atoms with Crippen LogP contribution in [0.1, 0.15) is 11.5 Å². The Hall–Kier alpha value is -3.62. The summed E-state index contributed by atoms with van der Waals surface area (Å²) in [6.45, 7) is 0.238. The Labute approximate surface area is 166 Å². The van der Waals surface area contributed by atoms with E-state index in [9.17, 15) is 14.0 Å². The summed E-state index contributed by atoms with van der Waals surface area (Å²) in [4.78, 5) is 31.3. The summed E-state index contributed by atoms with van der Waals surface area (Å²) in [7, 11) is 1.58. The van der Waals surface area contributed by atoms with E-state index in [-0.39, 0.29) is 18.4 Å². The van der Waals surface area contributed by atoms with E-state index in [0.29, 0.717) is 23.8 Å². The van der Waals surface area contributed by atoms with Gasteiger partial charge in [0.2, 0.25) is 0 Å². The van der Waals surface area contributed by atoms with Gasteiger partial charge in [-0.3, -0.25) is 9.69 Å². The summed E-state index contributed by atoms with van der Waals surface area (Å²) in [6.07, 6.45) is 0. The van der Waals surface area contributed by atoms with E-state index in [1.807, 2.05) is 24.3 Å². The lowest BCUT2D eigenvalue weighted by Gasteiger charge is -2.23. The summed E-state index contributed by atoms with van der Waals surface area (Å²) in [5.41, 5.74) is 1.36. The first-order chi connectivity index (χ1) is 14.0. The summed E-state index contributed by atoms with van der Waals surface area (Å²) in [6, 6.07) is 11.8. The number of oxime groups is 1. The highest BCUT2D eigenvalue weighted by Gasteiger charge is 2.45. The van der Waals surface area contributed by atoms with Crippen LogP contribution in [-0.2, 0) is 9.63 Å². The third-order valence-electron chi connectivity index (χ3n) is 4.92. The van der Waals surface area contributed by atoms with Gasteiger partial charge in [0, 0.05) is 18.2 Å². The Morgan fingerprint density at radius 3 is 2.62 bits per heavy atom. The molecule has 3 amide bonds. The Balaban J connectivity index is 1.57. The number of nitrogens with one attached hydrogen (secondary N) is 2. The smallest absolute Gasteiger partial charge is 0.319 e. The molecule has 1 saturated heterocycles. The number of methoxy groups -OCH3 is 1. The Morgan fingerprint density at radius 1 is 1.21 bits per heavy atom. The average molecular weight is 398 g/mol. The van der Waals surface area contributed by atoms with Crippen LogP contribution in [0.15, 0.2) is 53.7 Å². The molecule has 29 heavy (non-hydrogen) atoms. The number of amidine groups is 1. The van der Waals surface area contributed by atoms with E-state index in [0.717, 1.165) is 5.56 Å². The first kappa shape index (κ1) is 18.7. The van der Waals surface area contributed by atoms with Crippen molar-refractivity contribution >= 4 is 23.5 Å². The maximum absolute atomic E-state index is 13.1. The second kappa shape index (κ2) is 7.78. The maximum atomic E-state index is 13.1. The second-order valence-corrected chi connectivity index (χ2v) is 6.69. The molecule has 2 heterocycles. The van der Waals surface area contributed by atoms with Crippen LogP contribution in [0.5, 0.6) is 5.75 Å². The number of halogens is 1. The van der Waals surface area contributed by atoms with E-state index in [1.54, 1.807) is 7.11 Å². The van der Waals surface area contributed by atoms with E-state index in [2.05, 4.69) is 15.8 Å². The van der Waals surface area contributed by atoms with Crippen LogP contribution in [0.4, 0.5) is 14.9 Å². The lowest BCUT2D eigenvalue weighted by Crippen LogP contribution is -2.48. The van der Waals surface area contributed by atoms with Crippen LogP contribution in [0.2, 0.25) is 0 Å². The molecule has 0 spiro atoms. The van der Waals surface area contributed by atoms with Crippen LogP contribution in [0, 0.1) is 5.82 Å². The van der Waals surface area contributed by atoms with E-state index >= 15 is 0 Å². The average Bonchev–Trinajstić information content (AvgIpc) is 3.09. The van der Waals surface area contributed by atoms with Crippen molar-refractivity contribution in [2.75, 3.05) is 25.6 Å². The lowest BCUT2D eigenvalue weighted by molar-refractivity contribution is -0.134. The third kappa shape index (κ3) is 3.84. The number of rotatable bonds is 4. The van der Waals surface area contributed by atoms with Gasteiger partial charge in [0.05, 0.1) is 7.11 Å². The summed E-state index contributed by atoms with van der Waals surface area (Å²) < 4.78 is 18.3. The van der Waals surface area contributed by atoms with E-state index in [1.165, 1.54) is 29.2 Å². The molecule has 150 valence electrons. The standard InChI is InChI=1S/C20H19FN4O4/c1-28-15-8-2-12(3-9-15)16-10-25-17(26)11-29-24-19(25)18(16)23-20(27)22-14-6-4-13(21)5-7-14/h2-9,16,18H,10-11H2,1H3,(H2,22,23,27). The fourth-order valence-electron chi connectivity index (χ4n) is 3.47. The lowest BCUT2D eigenvalue weighted by atomic mass is 9.94. The van der Waals surface area contributed by atoms with Gasteiger partial charge in [-0.05, 0) is 42.0 Å². The summed E-state index contributed by atoms with van der Waals surface area (Å²) in [5, 5.41) is 9.53. The Kier molecular flexibility index (Phi) is 5.03. The zero-order valence-corrected chi connectivity index (χ0v) is 15.6. The van der Waals surface area contributed by atoms with Crippen molar-refractivity contribution < 1.29 is 23.6 Å². The maximum Gasteiger partial charge on any atom is 0.319 e. The van der Waals surface area contributed by atoms with Crippen molar-refractivity contribution in [2.24, 2.45) is 5.16 Å². The van der Waals surface area contributed by atoms with Crippen molar-refractivity contribution in [1.82, 2.24) is 10.2 Å². The van der Waals surface area contributed by atoms with Gasteiger partial charge in [-0.1, -0.05) is 17.3 Å². The number of carbonyl (C=O) groups is 2. The van der Waals surface area contributed by atoms with Crippen molar-refractivity contribution in [3.8, 4) is 5.75 Å². The van der Waals surface area contributed by atoms with Gasteiger partial charge in [0.15, 0.2) is 12.4 Å². The molecule has 1 fully saturated rings. The molecule has 2 aromatic rings. The summed E-state index contributed by atoms with van der Waals surface area (Å²) in [5.74, 6) is 0.242. The predicted octanol–water partition coefficient (Wildman–Crippen LogP) is 2.29. The first-order valence-electron chi connectivity index (χ1n) is 9.02. The number of ether oxygens (including phenoxy) is 1. The van der Waals surface area contributed by atoms with Crippen LogP contribution >= 0.6 is 0 Å². The quantitative estimate of drug-likeness (QED) is 0.827. The molecule has 2 aliphatic rings. The van der Waals surface area contributed by atoms with Crippen molar-refractivity contribution in [2.45, 2.75) is 12.0 Å². The number of urea groups is 1. The monoisotopic (exact) mass is 398 g/mol. The van der Waals surface area contributed by atoms with Gasteiger partial charge in [-0.25, -0.2) is 9.18 Å². The molecule has 2 aliphatic heterocycles. The van der Waals surface area contributed by atoms with Gasteiger partial charge in [0.25, 0.3) is 5.91 Å². The number of anilines is 1. The second-order valence-electron chi connectivity index (χ2n) is 6.69. The fraction of sp³-hybridized carbons (Fsp3) is 0.250. The number of carbonyl (C=O) groups excluding carboxylic acids is 2. The topological polar surface area (TPSA) is 92.3 Å². The van der Waals surface area contributed by atoms with Crippen molar-refractivity contribution in [3.63, 3.8) is 0 Å². The minimum Gasteiger partial charge on any atom is -0.497 e. The summed E-state index contributed by atoms with van der Waals surface area (Å²) >= 11 is 0. The first-order valence-corrected chi connectivity index (χ1v) is 9.02. The van der Waals surface area contributed by atoms with Crippen LogP contribution in [0.3, 0.4) is 0 Å². The van der Waals surface area contributed by atoms with Gasteiger partial charge >= 0.3 is 6.03 Å². The largest absolute Gasteiger partial charge is 0.497 e. The van der Waals surface area contributed by atoms with Crippen LogP contribution in [-0.4, -0.2) is 49.0 Å². The SMILES string of the molecule is COc1ccc(C2CN3C(=O)CON=C3C2NC(=O)Nc2ccc(F)cc2)cc1. The van der Waals surface area contributed by atoms with Gasteiger partial charge < -0.3 is 20.2 Å². The zero-order chi connectivity index (χ0) is 20.4. The molecule has 9 heteroatoms. The van der Waals surface area contributed by atoms with Crippen molar-refractivity contribution in [3.05, 3.63) is 59.9 Å². The van der Waals surface area contributed by atoms with E-state index < -0.39 is 17.9 Å². The number of nitrogens with zero attached hydrogens (tertiary/aromatic N) is 2. The molecule has 2 N–H and O–H groups in total. The van der Waals surface area contributed by atoms with Crippen molar-refractivity contribution in [1.29, 1.82) is 0 Å². The normalized spacial score (nSPS) is 20.4. The van der Waals surface area contributed by atoms with Crippen LogP contribution < -0.4 is 15.4 Å². The number of benzene rings is 2. The molecule has 0 aliphatic carbocycles. The zero-order valence-electron chi connectivity index (χ0n) is 15.6. The highest BCUT2D eigenvalue weighted by Crippen LogP contribution is 2.32. The molecular formula is C20H19FN4O4. The van der Waals surface area contributed by atoms with Gasteiger partial charge in [-0.2, -0.15) is 0 Å². The molecule has 2 aromatic carbocycles. The number of hydrogen-bond donors (Lipinski definition) is 2. The molecule has 0 aromatic heterocycles. The fourth-order valence-corrected chi connectivity index (χ4v) is 3.47. The molecule has 0 saturated carbocycles. The third-order valence-corrected chi connectivity index (χ3v) is 4.92. The predicted molar refractivity (Wildman–Crippen MR) is 103 cm³/mol. The Bertz CT molecular complexity index is 946. The minimum absolute atomic E-state index is 0.132. The number of hydrogen-bond acceptors (Lipinski definition) is 5. The highest BCUT2D eigenvalue weighted by molar-refractivity contribution is 6.06. The number of amides is 3. The Morgan fingerprint density at radius 2 is 1.93 bits per heavy atom. The molecular weight excluding hydrogens is 379 g/mol. The molecule has 4 rings (SSSR count). The van der Waals surface area contributed by atoms with Gasteiger partial charge in [-0.15, -0.1) is 0 Å². The molecule has 0 radical (unpaired) electrons.